The predicted octanol–water partition coefficient (Wildman–Crippen LogP) is 0.456. The first-order valence-corrected chi connectivity index (χ1v) is 3.78. The summed E-state index contributed by atoms with van der Waals surface area (Å²) in [7, 11) is 0. The Hall–Kier alpha value is -1.91. The average Bonchev–Trinajstić information content (AvgIpc) is 2.12. The Morgan fingerprint density at radius 3 is 2.92 bits per heavy atom. The number of benzene rings is 1. The summed E-state index contributed by atoms with van der Waals surface area (Å²) in [6.45, 7) is 1.91. The highest BCUT2D eigenvalue weighted by Gasteiger charge is 2.00. The minimum atomic E-state index is -0.266. The fourth-order valence-corrected chi connectivity index (χ4v) is 1.15. The van der Waals surface area contributed by atoms with Gasteiger partial charge in [-0.25, -0.2) is 0 Å². The van der Waals surface area contributed by atoms with Crippen LogP contribution < -0.4 is 5.62 Å². The molecule has 1 heterocycles. The third-order valence-electron chi connectivity index (χ3n) is 1.81. The third kappa shape index (κ3) is 1.14. The molecule has 0 unspecified atom stereocenters. The summed E-state index contributed by atoms with van der Waals surface area (Å²) in [6, 6.07) is 5.38. The second-order valence-electron chi connectivity index (χ2n) is 2.83. The molecule has 0 radical (unpaired) electrons. The summed E-state index contributed by atoms with van der Waals surface area (Å²) < 4.78 is 0.718. The maximum Gasteiger partial charge on any atom is 0.275 e. The van der Waals surface area contributed by atoms with Gasteiger partial charge in [0.05, 0.1) is 0 Å². The van der Waals surface area contributed by atoms with Gasteiger partial charge in [0.15, 0.2) is 0 Å². The minimum absolute atomic E-state index is 0.266. The predicted molar refractivity (Wildman–Crippen MR) is 45.3 cm³/mol. The number of nitrogens with zero attached hydrogens (tertiary/aromatic N) is 3. The van der Waals surface area contributed by atoms with Gasteiger partial charge in [-0.2, -0.15) is 0 Å². The van der Waals surface area contributed by atoms with E-state index in [-0.39, 0.29) is 5.62 Å². The highest BCUT2D eigenvalue weighted by molar-refractivity contribution is 5.74. The van der Waals surface area contributed by atoms with Crippen LogP contribution in [0.5, 0.6) is 0 Å². The first kappa shape index (κ1) is 7.72. The standard InChI is InChI=1S/C8H8N4O/c1-5-2-3-6-7(4-5)12(13)8(9)11-10-6/h2-4,9,13H,1H3. The Morgan fingerprint density at radius 2 is 2.15 bits per heavy atom. The second-order valence-corrected chi connectivity index (χ2v) is 2.83. The van der Waals surface area contributed by atoms with Crippen molar-refractivity contribution in [2.45, 2.75) is 6.92 Å². The van der Waals surface area contributed by atoms with Crippen molar-refractivity contribution in [2.24, 2.45) is 0 Å². The van der Waals surface area contributed by atoms with Gasteiger partial charge >= 0.3 is 0 Å². The van der Waals surface area contributed by atoms with Crippen LogP contribution in [0, 0.1) is 12.3 Å². The van der Waals surface area contributed by atoms with Crippen LogP contribution in [-0.4, -0.2) is 20.1 Å². The van der Waals surface area contributed by atoms with Gasteiger partial charge in [0.2, 0.25) is 0 Å². The molecule has 1 aromatic carbocycles. The molecular weight excluding hydrogens is 168 g/mol. The van der Waals surface area contributed by atoms with Gasteiger partial charge in [-0.15, -0.1) is 14.9 Å². The zero-order chi connectivity index (χ0) is 9.42. The van der Waals surface area contributed by atoms with Gasteiger partial charge in [0, 0.05) is 0 Å². The van der Waals surface area contributed by atoms with Crippen molar-refractivity contribution in [3.8, 4) is 0 Å². The van der Waals surface area contributed by atoms with E-state index in [1.54, 1.807) is 12.1 Å². The first-order chi connectivity index (χ1) is 6.18. The van der Waals surface area contributed by atoms with Crippen molar-refractivity contribution in [3.05, 3.63) is 29.4 Å². The molecule has 2 rings (SSSR count). The van der Waals surface area contributed by atoms with E-state index in [2.05, 4.69) is 10.2 Å². The molecule has 0 saturated heterocycles. The molecule has 5 nitrogen and oxygen atoms in total. The third-order valence-corrected chi connectivity index (χ3v) is 1.81. The molecule has 0 spiro atoms. The van der Waals surface area contributed by atoms with Crippen LogP contribution >= 0.6 is 0 Å². The molecule has 1 aromatic heterocycles. The summed E-state index contributed by atoms with van der Waals surface area (Å²) in [5.41, 5.74) is 1.81. The smallest absolute Gasteiger partial charge is 0.275 e. The molecule has 2 aromatic rings. The van der Waals surface area contributed by atoms with Crippen LogP contribution in [0.15, 0.2) is 18.2 Å². The molecule has 0 atom stereocenters. The van der Waals surface area contributed by atoms with E-state index in [4.69, 9.17) is 5.41 Å². The van der Waals surface area contributed by atoms with E-state index in [9.17, 15) is 5.21 Å². The largest absolute Gasteiger partial charge is 0.425 e. The summed E-state index contributed by atoms with van der Waals surface area (Å²) in [5.74, 6) is 0. The monoisotopic (exact) mass is 176 g/mol. The number of fused-ring (bicyclic) bond motifs is 1. The van der Waals surface area contributed by atoms with Gasteiger partial charge < -0.3 is 5.21 Å². The zero-order valence-corrected chi connectivity index (χ0v) is 7.02. The fourth-order valence-electron chi connectivity index (χ4n) is 1.15. The number of aryl methyl sites for hydroxylation is 1. The molecule has 0 aliphatic carbocycles. The van der Waals surface area contributed by atoms with Crippen LogP contribution in [0.4, 0.5) is 0 Å². The molecule has 0 saturated carbocycles. The number of nitrogens with one attached hydrogen (secondary N) is 1. The summed E-state index contributed by atoms with van der Waals surface area (Å²) >= 11 is 0. The summed E-state index contributed by atoms with van der Waals surface area (Å²) in [6.07, 6.45) is 0. The second kappa shape index (κ2) is 2.55. The Labute approximate surface area is 73.7 Å². The molecule has 0 aliphatic heterocycles. The molecule has 0 aliphatic rings. The number of hydrogen-bond acceptors (Lipinski definition) is 4. The highest BCUT2D eigenvalue weighted by atomic mass is 16.5. The lowest BCUT2D eigenvalue weighted by molar-refractivity contribution is 0.177. The van der Waals surface area contributed by atoms with Gasteiger partial charge in [0.1, 0.15) is 11.0 Å². The molecule has 0 amide bonds. The fraction of sp³-hybridized carbons (Fsp3) is 0.125. The van der Waals surface area contributed by atoms with Crippen molar-refractivity contribution in [1.29, 1.82) is 5.41 Å². The van der Waals surface area contributed by atoms with Crippen molar-refractivity contribution < 1.29 is 5.21 Å². The number of aromatic nitrogens is 3. The van der Waals surface area contributed by atoms with Crippen molar-refractivity contribution in [2.75, 3.05) is 0 Å². The maximum atomic E-state index is 9.41. The van der Waals surface area contributed by atoms with E-state index >= 15 is 0 Å². The molecule has 2 N–H and O–H groups in total. The first-order valence-electron chi connectivity index (χ1n) is 3.78. The lowest BCUT2D eigenvalue weighted by atomic mass is 10.2. The van der Waals surface area contributed by atoms with E-state index in [1.165, 1.54) is 0 Å². The molecule has 0 bridgehead atoms. The normalized spacial score (nSPS) is 10.5. The number of rotatable bonds is 0. The van der Waals surface area contributed by atoms with E-state index in [0.717, 1.165) is 10.3 Å². The van der Waals surface area contributed by atoms with Crippen LogP contribution in [0.3, 0.4) is 0 Å². The van der Waals surface area contributed by atoms with Gasteiger partial charge in [-0.05, 0) is 24.6 Å². The topological polar surface area (TPSA) is 74.8 Å². The van der Waals surface area contributed by atoms with Gasteiger partial charge in [0.25, 0.3) is 5.62 Å². The van der Waals surface area contributed by atoms with Crippen molar-refractivity contribution >= 4 is 11.0 Å². The van der Waals surface area contributed by atoms with Gasteiger partial charge in [-0.3, -0.25) is 5.41 Å². The SMILES string of the molecule is Cc1ccc2nnc(=N)n(O)c2c1. The molecule has 13 heavy (non-hydrogen) atoms. The summed E-state index contributed by atoms with van der Waals surface area (Å²) in [5, 5.41) is 23.9. The van der Waals surface area contributed by atoms with Crippen LogP contribution in [0.2, 0.25) is 0 Å². The van der Waals surface area contributed by atoms with E-state index in [0.29, 0.717) is 11.0 Å². The van der Waals surface area contributed by atoms with Gasteiger partial charge in [-0.1, -0.05) is 6.07 Å². The van der Waals surface area contributed by atoms with Crippen molar-refractivity contribution in [1.82, 2.24) is 14.9 Å². The van der Waals surface area contributed by atoms with E-state index in [1.807, 2.05) is 13.0 Å². The Kier molecular flexibility index (Phi) is 1.51. The Balaban J connectivity index is 2.97. The van der Waals surface area contributed by atoms with Crippen LogP contribution in [-0.2, 0) is 0 Å². The van der Waals surface area contributed by atoms with Crippen LogP contribution in [0.1, 0.15) is 5.56 Å². The lowest BCUT2D eigenvalue weighted by Crippen LogP contribution is -2.22. The van der Waals surface area contributed by atoms with Crippen LogP contribution in [0.25, 0.3) is 11.0 Å². The molecule has 0 fully saturated rings. The van der Waals surface area contributed by atoms with E-state index < -0.39 is 0 Å². The average molecular weight is 176 g/mol. The number of hydrogen-bond donors (Lipinski definition) is 2. The molecule has 5 heteroatoms. The molecule has 66 valence electrons. The molecular formula is C8H8N4O. The highest BCUT2D eigenvalue weighted by Crippen LogP contribution is 2.09. The van der Waals surface area contributed by atoms with Crippen molar-refractivity contribution in [3.63, 3.8) is 0 Å². The minimum Gasteiger partial charge on any atom is -0.425 e. The summed E-state index contributed by atoms with van der Waals surface area (Å²) in [4.78, 5) is 0. The Bertz CT molecular complexity index is 517. The zero-order valence-electron chi connectivity index (χ0n) is 7.02. The quantitative estimate of drug-likeness (QED) is 0.572. The lowest BCUT2D eigenvalue weighted by Gasteiger charge is -2.01. The maximum absolute atomic E-state index is 9.41. The Morgan fingerprint density at radius 1 is 1.38 bits per heavy atom.